The molecule has 0 fully saturated rings. The summed E-state index contributed by atoms with van der Waals surface area (Å²) in [5, 5.41) is 2.61. The van der Waals surface area contributed by atoms with Crippen molar-refractivity contribution in [1.82, 2.24) is 0 Å². The van der Waals surface area contributed by atoms with Gasteiger partial charge in [-0.15, -0.1) is 11.3 Å². The lowest BCUT2D eigenvalue weighted by molar-refractivity contribution is 0.563. The molecule has 0 aliphatic heterocycles. The van der Waals surface area contributed by atoms with Crippen LogP contribution < -0.4 is 4.90 Å². The number of rotatable bonds is 3. The fraction of sp³-hybridized carbons (Fsp3) is 0.127. The van der Waals surface area contributed by atoms with E-state index in [-0.39, 0.29) is 10.8 Å². The van der Waals surface area contributed by atoms with Crippen molar-refractivity contribution in [1.29, 1.82) is 0 Å². The Morgan fingerprint density at radius 3 is 1.61 bits per heavy atom. The lowest BCUT2D eigenvalue weighted by Gasteiger charge is -2.46. The molecule has 8 aromatic carbocycles. The van der Waals surface area contributed by atoms with E-state index in [1.54, 1.807) is 0 Å². The van der Waals surface area contributed by atoms with Crippen molar-refractivity contribution in [3.63, 3.8) is 0 Å². The van der Waals surface area contributed by atoms with E-state index in [1.165, 1.54) is 98.3 Å². The molecule has 0 unspecified atom stereocenters. The van der Waals surface area contributed by atoms with Gasteiger partial charge in [0.2, 0.25) is 0 Å². The number of thiophene rings is 1. The second-order valence-corrected chi connectivity index (χ2v) is 18.3. The van der Waals surface area contributed by atoms with E-state index in [9.17, 15) is 0 Å². The SMILES string of the molecule is CC1(C)c2ccccc2-c2ccc(N(c3ccc4c(c3)-c3ccccc3C43c4ccccc4C(C)(C)c4ccccc43)c3cccc4c3sc3ccccc34)cc21. The Morgan fingerprint density at radius 2 is 0.877 bits per heavy atom. The van der Waals surface area contributed by atoms with Crippen LogP contribution in [0.15, 0.2) is 176 Å². The summed E-state index contributed by atoms with van der Waals surface area (Å²) in [4.78, 5) is 2.54. The maximum absolute atomic E-state index is 2.54. The van der Waals surface area contributed by atoms with Gasteiger partial charge in [-0.05, 0) is 103 Å². The van der Waals surface area contributed by atoms with Gasteiger partial charge in [-0.1, -0.05) is 167 Å². The van der Waals surface area contributed by atoms with Crippen LogP contribution in [0.2, 0.25) is 0 Å². The van der Waals surface area contributed by atoms with Crippen molar-refractivity contribution >= 4 is 48.6 Å². The average Bonchev–Trinajstić information content (AvgIpc) is 3.85. The zero-order valence-corrected chi connectivity index (χ0v) is 33.4. The largest absolute Gasteiger partial charge is 0.309 e. The highest BCUT2D eigenvalue weighted by Crippen LogP contribution is 2.63. The Balaban J connectivity index is 1.14. The van der Waals surface area contributed by atoms with E-state index in [0.717, 1.165) is 5.69 Å². The minimum absolute atomic E-state index is 0.115. The maximum atomic E-state index is 2.54. The van der Waals surface area contributed by atoms with Crippen LogP contribution in [0.3, 0.4) is 0 Å². The number of hydrogen-bond acceptors (Lipinski definition) is 2. The Labute approximate surface area is 338 Å². The molecule has 2 heteroatoms. The number of benzene rings is 8. The van der Waals surface area contributed by atoms with E-state index in [1.807, 2.05) is 11.3 Å². The van der Waals surface area contributed by atoms with Gasteiger partial charge in [-0.25, -0.2) is 0 Å². The van der Waals surface area contributed by atoms with Gasteiger partial charge in [0.1, 0.15) is 0 Å². The molecule has 0 saturated heterocycles. The second kappa shape index (κ2) is 11.4. The van der Waals surface area contributed by atoms with E-state index in [0.29, 0.717) is 0 Å². The number of anilines is 3. The standard InChI is InChI=1S/C55H41NS/c1-53(2)42-20-8-5-16-36(42)38-30-28-35(33-49(38)53)56(50-26-15-19-40-39-18-7-14-27-51(39)57-52(40)50)34-29-31-44-41(32-34)37-17-6-9-21-43(37)55(44)47-24-12-10-22-45(47)54(3,4)46-23-11-13-25-48(46)55/h5-33H,1-4H3. The van der Waals surface area contributed by atoms with Crippen molar-refractivity contribution in [2.75, 3.05) is 4.90 Å². The molecule has 1 spiro atoms. The zero-order chi connectivity index (χ0) is 38.3. The topological polar surface area (TPSA) is 3.24 Å². The van der Waals surface area contributed by atoms with Crippen molar-refractivity contribution < 1.29 is 0 Å². The summed E-state index contributed by atoms with van der Waals surface area (Å²) in [5.74, 6) is 0. The minimum Gasteiger partial charge on any atom is -0.309 e. The molecule has 0 N–H and O–H groups in total. The molecule has 0 amide bonds. The highest BCUT2D eigenvalue weighted by molar-refractivity contribution is 7.26. The van der Waals surface area contributed by atoms with Crippen LogP contribution >= 0.6 is 11.3 Å². The monoisotopic (exact) mass is 747 g/mol. The molecular weight excluding hydrogens is 707 g/mol. The van der Waals surface area contributed by atoms with Gasteiger partial charge in [-0.2, -0.15) is 0 Å². The van der Waals surface area contributed by atoms with Gasteiger partial charge in [-0.3, -0.25) is 0 Å². The normalized spacial score (nSPS) is 15.8. The van der Waals surface area contributed by atoms with Gasteiger partial charge in [0, 0.05) is 37.7 Å². The van der Waals surface area contributed by atoms with E-state index in [4.69, 9.17) is 0 Å². The number of nitrogens with zero attached hydrogens (tertiary/aromatic N) is 1. The van der Waals surface area contributed by atoms with Crippen molar-refractivity contribution in [3.05, 3.63) is 220 Å². The molecule has 1 heterocycles. The molecule has 1 aromatic heterocycles. The van der Waals surface area contributed by atoms with E-state index < -0.39 is 5.41 Å². The molecule has 0 saturated carbocycles. The molecule has 3 aliphatic rings. The summed E-state index contributed by atoms with van der Waals surface area (Å²) < 4.78 is 2.62. The quantitative estimate of drug-likeness (QED) is 0.174. The summed E-state index contributed by atoms with van der Waals surface area (Å²) in [6.45, 7) is 9.55. The van der Waals surface area contributed by atoms with Crippen LogP contribution in [0.5, 0.6) is 0 Å². The van der Waals surface area contributed by atoms with Gasteiger partial charge < -0.3 is 4.90 Å². The summed E-state index contributed by atoms with van der Waals surface area (Å²) in [6, 6.07) is 66.8. The van der Waals surface area contributed by atoms with Crippen LogP contribution in [0.25, 0.3) is 42.4 Å². The third-order valence-corrected chi connectivity index (χ3v) is 15.0. The summed E-state index contributed by atoms with van der Waals surface area (Å²) in [5.41, 5.74) is 19.2. The Bertz CT molecular complexity index is 3110. The smallest absolute Gasteiger partial charge is 0.0719 e. The Hall–Kier alpha value is -6.22. The first-order chi connectivity index (χ1) is 27.8. The Morgan fingerprint density at radius 1 is 0.368 bits per heavy atom. The first-order valence-corrected chi connectivity index (χ1v) is 21.0. The lowest BCUT2D eigenvalue weighted by atomic mass is 9.55. The van der Waals surface area contributed by atoms with Gasteiger partial charge in [0.25, 0.3) is 0 Å². The average molecular weight is 748 g/mol. The molecule has 0 radical (unpaired) electrons. The molecule has 272 valence electrons. The third-order valence-electron chi connectivity index (χ3n) is 13.7. The van der Waals surface area contributed by atoms with E-state index >= 15 is 0 Å². The van der Waals surface area contributed by atoms with Gasteiger partial charge in [0.05, 0.1) is 15.8 Å². The zero-order valence-electron chi connectivity index (χ0n) is 32.6. The van der Waals surface area contributed by atoms with Crippen molar-refractivity contribution in [3.8, 4) is 22.3 Å². The molecular formula is C55H41NS. The molecule has 0 atom stereocenters. The highest BCUT2D eigenvalue weighted by Gasteiger charge is 2.53. The summed E-state index contributed by atoms with van der Waals surface area (Å²) >= 11 is 1.90. The minimum atomic E-state index is -0.424. The van der Waals surface area contributed by atoms with Crippen molar-refractivity contribution in [2.45, 2.75) is 43.9 Å². The predicted molar refractivity (Wildman–Crippen MR) is 241 cm³/mol. The van der Waals surface area contributed by atoms with Gasteiger partial charge >= 0.3 is 0 Å². The van der Waals surface area contributed by atoms with Crippen LogP contribution in [-0.4, -0.2) is 0 Å². The van der Waals surface area contributed by atoms with Crippen LogP contribution in [0.1, 0.15) is 72.2 Å². The Kier molecular flexibility index (Phi) is 6.61. The van der Waals surface area contributed by atoms with Crippen LogP contribution in [0, 0.1) is 0 Å². The molecule has 0 bridgehead atoms. The lowest BCUT2D eigenvalue weighted by Crippen LogP contribution is -2.40. The highest BCUT2D eigenvalue weighted by atomic mass is 32.1. The third kappa shape index (κ3) is 4.19. The first-order valence-electron chi connectivity index (χ1n) is 20.2. The van der Waals surface area contributed by atoms with Crippen LogP contribution in [-0.2, 0) is 16.2 Å². The summed E-state index contributed by atoms with van der Waals surface area (Å²) in [7, 11) is 0. The second-order valence-electron chi connectivity index (χ2n) is 17.2. The molecule has 3 aliphatic carbocycles. The molecule has 12 rings (SSSR count). The van der Waals surface area contributed by atoms with Crippen LogP contribution in [0.4, 0.5) is 17.1 Å². The predicted octanol–water partition coefficient (Wildman–Crippen LogP) is 14.8. The molecule has 1 nitrogen and oxygen atoms in total. The van der Waals surface area contributed by atoms with Crippen molar-refractivity contribution in [2.24, 2.45) is 0 Å². The molecule has 9 aromatic rings. The van der Waals surface area contributed by atoms with E-state index in [2.05, 4.69) is 209 Å². The first kappa shape index (κ1) is 33.0. The number of hydrogen-bond donors (Lipinski definition) is 0. The fourth-order valence-electron chi connectivity index (χ4n) is 11.2. The molecule has 57 heavy (non-hydrogen) atoms. The summed E-state index contributed by atoms with van der Waals surface area (Å²) in [6.07, 6.45) is 0. The van der Waals surface area contributed by atoms with Gasteiger partial charge in [0.15, 0.2) is 0 Å². The fourth-order valence-corrected chi connectivity index (χ4v) is 12.4. The number of fused-ring (bicyclic) bond motifs is 15. The maximum Gasteiger partial charge on any atom is 0.0719 e.